The third kappa shape index (κ3) is 7.95. The summed E-state index contributed by atoms with van der Waals surface area (Å²) in [4.78, 5) is 15.2. The molecule has 2 fully saturated rings. The number of hydrogen-bond acceptors (Lipinski definition) is 6. The number of ether oxygens (including phenoxy) is 2. The quantitative estimate of drug-likeness (QED) is 0.375. The Morgan fingerprint density at radius 2 is 1.81 bits per heavy atom. The second-order valence-corrected chi connectivity index (χ2v) is 14.3. The zero-order valence-electron chi connectivity index (χ0n) is 26.5. The number of carbonyl (C=O) groups is 1. The van der Waals surface area contributed by atoms with Crippen LogP contribution in [0.25, 0.3) is 0 Å². The van der Waals surface area contributed by atoms with Crippen LogP contribution in [0.5, 0.6) is 5.75 Å². The number of rotatable bonds is 11. The Bertz CT molecular complexity index is 1370. The summed E-state index contributed by atoms with van der Waals surface area (Å²) in [6, 6.07) is 8.84. The first kappa shape index (κ1) is 33.4. The van der Waals surface area contributed by atoms with Crippen LogP contribution in [-0.2, 0) is 19.6 Å². The molecule has 2 aliphatic rings. The zero-order chi connectivity index (χ0) is 31.3. The number of sulfonamides is 1. The molecule has 43 heavy (non-hydrogen) atoms. The molecule has 0 aromatic heterocycles. The fourth-order valence-corrected chi connectivity index (χ4v) is 8.91. The van der Waals surface area contributed by atoms with Crippen molar-refractivity contribution in [3.8, 4) is 5.75 Å². The van der Waals surface area contributed by atoms with Crippen molar-refractivity contribution in [1.29, 1.82) is 0 Å². The van der Waals surface area contributed by atoms with Gasteiger partial charge in [-0.15, -0.1) is 0 Å². The number of halogens is 1. The van der Waals surface area contributed by atoms with Gasteiger partial charge in [0.25, 0.3) is 0 Å². The molecule has 238 valence electrons. The minimum atomic E-state index is -3.73. The number of methoxy groups -OCH3 is 1. The predicted molar refractivity (Wildman–Crippen MR) is 166 cm³/mol. The van der Waals surface area contributed by atoms with Crippen LogP contribution in [0, 0.1) is 38.4 Å². The molecular weight excluding hydrogens is 569 g/mol. The molecule has 1 saturated heterocycles. The minimum Gasteiger partial charge on any atom is -0.496 e. The summed E-state index contributed by atoms with van der Waals surface area (Å²) >= 11 is 0. The van der Waals surface area contributed by atoms with Crippen molar-refractivity contribution in [3.63, 3.8) is 0 Å². The van der Waals surface area contributed by atoms with E-state index in [1.165, 1.54) is 10.4 Å². The number of hydrogen-bond donors (Lipinski definition) is 1. The van der Waals surface area contributed by atoms with Crippen LogP contribution in [0.4, 0.5) is 4.39 Å². The number of nitrogens with zero attached hydrogens (tertiary/aromatic N) is 2. The Morgan fingerprint density at radius 3 is 2.47 bits per heavy atom. The van der Waals surface area contributed by atoms with E-state index in [4.69, 9.17) is 9.47 Å². The van der Waals surface area contributed by atoms with Crippen molar-refractivity contribution < 1.29 is 27.1 Å². The Kier molecular flexibility index (Phi) is 11.3. The van der Waals surface area contributed by atoms with Gasteiger partial charge in [0.1, 0.15) is 18.2 Å². The molecule has 4 rings (SSSR count). The maximum absolute atomic E-state index is 13.9. The number of piperidine rings is 1. The lowest BCUT2D eigenvalue weighted by Gasteiger charge is -2.37. The van der Waals surface area contributed by atoms with Crippen LogP contribution in [0.1, 0.15) is 66.8 Å². The molecule has 2 unspecified atom stereocenters. The molecule has 10 heteroatoms. The molecule has 2 aromatic carbocycles. The SMILES string of the molecule is COc1cc(C)c(S(=O)(=O)N2CCCC(OCC(=O)NCC3CCC(C(c4cccc(F)c4)N(C)C)CC3)C2)c(C)c1C. The molecule has 8 nitrogen and oxygen atoms in total. The van der Waals surface area contributed by atoms with Crippen LogP contribution < -0.4 is 10.1 Å². The molecule has 0 spiro atoms. The summed E-state index contributed by atoms with van der Waals surface area (Å²) < 4.78 is 54.1. The largest absolute Gasteiger partial charge is 0.496 e. The standard InChI is InChI=1S/C33H48FN3O5S/c1-22-17-30(41-6)23(2)24(3)33(22)43(39,40)37-16-8-11-29(20-37)42-21-31(38)35-19-25-12-14-26(15-13-25)32(36(4)5)27-9-7-10-28(34)18-27/h7,9-10,17-18,25-26,29,32H,8,11-16,19-21H2,1-6H3,(H,35,38). The van der Waals surface area contributed by atoms with Crippen molar-refractivity contribution in [1.82, 2.24) is 14.5 Å². The van der Waals surface area contributed by atoms with Gasteiger partial charge >= 0.3 is 0 Å². The van der Waals surface area contributed by atoms with Gasteiger partial charge in [0.05, 0.1) is 18.1 Å². The fraction of sp³-hybridized carbons (Fsp3) is 0.606. The molecule has 1 N–H and O–H groups in total. The van der Waals surface area contributed by atoms with E-state index >= 15 is 0 Å². The van der Waals surface area contributed by atoms with Gasteiger partial charge < -0.3 is 19.7 Å². The molecular formula is C33H48FN3O5S. The van der Waals surface area contributed by atoms with E-state index in [-0.39, 0.29) is 37.0 Å². The first-order valence-corrected chi connectivity index (χ1v) is 16.8. The number of carbonyl (C=O) groups excluding carboxylic acids is 1. The molecule has 0 bridgehead atoms. The van der Waals surface area contributed by atoms with Crippen LogP contribution in [0.2, 0.25) is 0 Å². The van der Waals surface area contributed by atoms with Crippen molar-refractivity contribution >= 4 is 15.9 Å². The average Bonchev–Trinajstić information content (AvgIpc) is 2.97. The van der Waals surface area contributed by atoms with Gasteiger partial charge in [-0.2, -0.15) is 4.31 Å². The molecule has 1 aliphatic heterocycles. The molecule has 0 radical (unpaired) electrons. The van der Waals surface area contributed by atoms with E-state index in [1.807, 2.05) is 34.0 Å². The molecule has 1 aliphatic carbocycles. The zero-order valence-corrected chi connectivity index (χ0v) is 27.3. The summed E-state index contributed by atoms with van der Waals surface area (Å²) in [7, 11) is 1.95. The van der Waals surface area contributed by atoms with Crippen molar-refractivity contribution in [2.75, 3.05) is 47.4 Å². The van der Waals surface area contributed by atoms with Crippen molar-refractivity contribution in [3.05, 3.63) is 58.4 Å². The molecule has 2 aromatic rings. The van der Waals surface area contributed by atoms with Gasteiger partial charge in [-0.3, -0.25) is 4.79 Å². The molecule has 1 saturated carbocycles. The lowest BCUT2D eigenvalue weighted by Crippen LogP contribution is -2.44. The molecule has 1 amide bonds. The third-order valence-corrected chi connectivity index (χ3v) is 11.4. The normalized spacial score (nSPS) is 22.4. The van der Waals surface area contributed by atoms with Gasteiger partial charge in [-0.25, -0.2) is 12.8 Å². The van der Waals surface area contributed by atoms with Gasteiger partial charge in [0.2, 0.25) is 15.9 Å². The van der Waals surface area contributed by atoms with E-state index < -0.39 is 10.0 Å². The van der Waals surface area contributed by atoms with Crippen LogP contribution in [-0.4, -0.2) is 77.1 Å². The Morgan fingerprint density at radius 1 is 1.09 bits per heavy atom. The number of benzene rings is 2. The number of nitrogens with one attached hydrogen (secondary N) is 1. The summed E-state index contributed by atoms with van der Waals surface area (Å²) in [6.07, 6.45) is 5.10. The predicted octanol–water partition coefficient (Wildman–Crippen LogP) is 5.15. The van der Waals surface area contributed by atoms with Crippen LogP contribution >= 0.6 is 0 Å². The summed E-state index contributed by atoms with van der Waals surface area (Å²) in [5.41, 5.74) is 3.17. The van der Waals surface area contributed by atoms with Gasteiger partial charge in [-0.1, -0.05) is 12.1 Å². The molecule has 1 heterocycles. The first-order valence-electron chi connectivity index (χ1n) is 15.4. The van der Waals surface area contributed by atoms with E-state index in [1.54, 1.807) is 32.2 Å². The maximum Gasteiger partial charge on any atom is 0.246 e. The second-order valence-electron chi connectivity index (χ2n) is 12.5. The third-order valence-electron chi connectivity index (χ3n) is 9.26. The maximum atomic E-state index is 13.9. The highest BCUT2D eigenvalue weighted by molar-refractivity contribution is 7.89. The Balaban J connectivity index is 1.25. The minimum absolute atomic E-state index is 0.0874. The number of amides is 1. The van der Waals surface area contributed by atoms with Crippen LogP contribution in [0.3, 0.4) is 0 Å². The van der Waals surface area contributed by atoms with Gasteiger partial charge in [-0.05, 0) is 126 Å². The van der Waals surface area contributed by atoms with E-state index in [0.717, 1.165) is 36.8 Å². The lowest BCUT2D eigenvalue weighted by molar-refractivity contribution is -0.128. The summed E-state index contributed by atoms with van der Waals surface area (Å²) in [5.74, 6) is 1.13. The second kappa shape index (κ2) is 14.5. The Hall–Kier alpha value is -2.53. The lowest BCUT2D eigenvalue weighted by atomic mass is 9.76. The summed E-state index contributed by atoms with van der Waals surface area (Å²) in [6.45, 7) is 6.64. The monoisotopic (exact) mass is 617 g/mol. The fourth-order valence-electron chi connectivity index (χ4n) is 6.91. The Labute approximate surface area is 257 Å². The highest BCUT2D eigenvalue weighted by Crippen LogP contribution is 2.39. The average molecular weight is 618 g/mol. The highest BCUT2D eigenvalue weighted by Gasteiger charge is 2.34. The summed E-state index contributed by atoms with van der Waals surface area (Å²) in [5, 5.41) is 3.03. The topological polar surface area (TPSA) is 88.2 Å². The highest BCUT2D eigenvalue weighted by atomic mass is 32.2. The van der Waals surface area contributed by atoms with Crippen molar-refractivity contribution in [2.24, 2.45) is 11.8 Å². The number of aryl methyl sites for hydroxylation is 1. The first-order chi connectivity index (χ1) is 20.4. The van der Waals surface area contributed by atoms with Gasteiger partial charge in [0, 0.05) is 25.7 Å². The smallest absolute Gasteiger partial charge is 0.246 e. The van der Waals surface area contributed by atoms with Crippen molar-refractivity contribution in [2.45, 2.75) is 76.3 Å². The van der Waals surface area contributed by atoms with E-state index in [0.29, 0.717) is 59.5 Å². The van der Waals surface area contributed by atoms with E-state index in [2.05, 4.69) is 10.2 Å². The molecule has 2 atom stereocenters. The van der Waals surface area contributed by atoms with Gasteiger partial charge in [0.15, 0.2) is 0 Å². The van der Waals surface area contributed by atoms with Crippen LogP contribution in [0.15, 0.2) is 35.2 Å². The van der Waals surface area contributed by atoms with E-state index in [9.17, 15) is 17.6 Å².